The van der Waals surface area contributed by atoms with Gasteiger partial charge in [0, 0.05) is 18.4 Å². The fraction of sp³-hybridized carbons (Fsp3) is 0.300. The summed E-state index contributed by atoms with van der Waals surface area (Å²) in [6.45, 7) is 0.710. The largest absolute Gasteiger partial charge is 0.423 e. The first-order chi connectivity index (χ1) is 8.22. The van der Waals surface area contributed by atoms with Crippen molar-refractivity contribution in [2.45, 2.75) is 0 Å². The molecule has 17 heavy (non-hydrogen) atoms. The lowest BCUT2D eigenvalue weighted by molar-refractivity contribution is -0.383. The Morgan fingerprint density at radius 1 is 1.59 bits per heavy atom. The highest BCUT2D eigenvalue weighted by Gasteiger charge is 2.16. The molecule has 7 heteroatoms. The molecule has 1 heterocycles. The van der Waals surface area contributed by atoms with Crippen LogP contribution >= 0.6 is 11.8 Å². The lowest BCUT2D eigenvalue weighted by atomic mass is 10.3. The van der Waals surface area contributed by atoms with Crippen molar-refractivity contribution < 1.29 is 9.34 Å². The maximum absolute atomic E-state index is 10.8. The molecule has 0 spiro atoms. The molecule has 0 saturated heterocycles. The number of oxazole rings is 1. The summed E-state index contributed by atoms with van der Waals surface area (Å²) in [6, 6.07) is 4.98. The molecule has 0 unspecified atom stereocenters. The molecule has 1 aromatic heterocycles. The highest BCUT2D eigenvalue weighted by Crippen LogP contribution is 2.27. The Labute approximate surface area is 102 Å². The van der Waals surface area contributed by atoms with E-state index in [1.807, 2.05) is 6.26 Å². The number of hydrogen-bond acceptors (Lipinski definition) is 6. The predicted molar refractivity (Wildman–Crippen MR) is 67.5 cm³/mol. The summed E-state index contributed by atoms with van der Waals surface area (Å²) in [5.74, 6) is 0.917. The maximum atomic E-state index is 10.8. The van der Waals surface area contributed by atoms with Crippen LogP contribution in [0.25, 0.3) is 11.1 Å². The molecule has 2 aromatic rings. The van der Waals surface area contributed by atoms with Gasteiger partial charge >= 0.3 is 0 Å². The van der Waals surface area contributed by atoms with Crippen LogP contribution in [-0.4, -0.2) is 28.5 Å². The summed E-state index contributed by atoms with van der Waals surface area (Å²) in [7, 11) is 0. The van der Waals surface area contributed by atoms with Crippen LogP contribution in [0.3, 0.4) is 0 Å². The van der Waals surface area contributed by atoms with Gasteiger partial charge in [-0.15, -0.1) is 0 Å². The summed E-state index contributed by atoms with van der Waals surface area (Å²) in [5, 5.41) is 13.8. The molecule has 90 valence electrons. The van der Waals surface area contributed by atoms with Crippen LogP contribution in [0.15, 0.2) is 22.6 Å². The van der Waals surface area contributed by atoms with E-state index in [2.05, 4.69) is 10.3 Å². The van der Waals surface area contributed by atoms with Crippen molar-refractivity contribution in [2.24, 2.45) is 0 Å². The minimum absolute atomic E-state index is 0.0378. The first kappa shape index (κ1) is 11.7. The average molecular weight is 253 g/mol. The van der Waals surface area contributed by atoms with Gasteiger partial charge in [0.1, 0.15) is 0 Å². The monoisotopic (exact) mass is 253 g/mol. The average Bonchev–Trinajstić information content (AvgIpc) is 2.71. The van der Waals surface area contributed by atoms with E-state index < -0.39 is 4.92 Å². The van der Waals surface area contributed by atoms with Gasteiger partial charge in [-0.25, -0.2) is 0 Å². The third-order valence-corrected chi connectivity index (χ3v) is 2.79. The van der Waals surface area contributed by atoms with Gasteiger partial charge in [-0.05, 0) is 12.3 Å². The standard InChI is InChI=1S/C10H11N3O3S/c1-17-6-5-11-10-12-9-7(13(14)15)3-2-4-8(9)16-10/h2-4H,5-6H2,1H3,(H,11,12). The smallest absolute Gasteiger partial charge is 0.298 e. The van der Waals surface area contributed by atoms with E-state index in [1.54, 1.807) is 23.9 Å². The Bertz CT molecular complexity index is 541. The van der Waals surface area contributed by atoms with Crippen molar-refractivity contribution in [1.29, 1.82) is 0 Å². The Morgan fingerprint density at radius 2 is 2.41 bits per heavy atom. The topological polar surface area (TPSA) is 81.2 Å². The Kier molecular flexibility index (Phi) is 3.48. The molecule has 0 radical (unpaired) electrons. The number of fused-ring (bicyclic) bond motifs is 1. The Hall–Kier alpha value is -1.76. The molecular weight excluding hydrogens is 242 g/mol. The van der Waals surface area contributed by atoms with Crippen molar-refractivity contribution in [3.63, 3.8) is 0 Å². The number of aromatic nitrogens is 1. The highest BCUT2D eigenvalue weighted by molar-refractivity contribution is 7.98. The van der Waals surface area contributed by atoms with E-state index in [0.29, 0.717) is 18.1 Å². The first-order valence-electron chi connectivity index (χ1n) is 4.99. The van der Waals surface area contributed by atoms with Gasteiger partial charge < -0.3 is 9.73 Å². The van der Waals surface area contributed by atoms with Gasteiger partial charge in [0.2, 0.25) is 0 Å². The first-order valence-corrected chi connectivity index (χ1v) is 6.38. The van der Waals surface area contributed by atoms with Crippen molar-refractivity contribution in [3.05, 3.63) is 28.3 Å². The molecule has 0 fully saturated rings. The molecular formula is C10H11N3O3S. The number of nitro benzene ring substituents is 1. The van der Waals surface area contributed by atoms with E-state index in [0.717, 1.165) is 5.75 Å². The van der Waals surface area contributed by atoms with Gasteiger partial charge in [-0.1, -0.05) is 6.07 Å². The number of nitrogens with one attached hydrogen (secondary N) is 1. The third-order valence-electron chi connectivity index (χ3n) is 2.18. The van der Waals surface area contributed by atoms with Gasteiger partial charge in [0.15, 0.2) is 11.1 Å². The van der Waals surface area contributed by atoms with E-state index in [-0.39, 0.29) is 11.2 Å². The zero-order valence-electron chi connectivity index (χ0n) is 9.17. The minimum Gasteiger partial charge on any atom is -0.423 e. The van der Waals surface area contributed by atoms with Crippen molar-refractivity contribution in [3.8, 4) is 0 Å². The van der Waals surface area contributed by atoms with E-state index in [1.165, 1.54) is 6.07 Å². The molecule has 0 saturated carbocycles. The maximum Gasteiger partial charge on any atom is 0.298 e. The van der Waals surface area contributed by atoms with Crippen LogP contribution in [-0.2, 0) is 0 Å². The van der Waals surface area contributed by atoms with Crippen LogP contribution in [0.5, 0.6) is 0 Å². The van der Waals surface area contributed by atoms with Crippen LogP contribution in [0.1, 0.15) is 0 Å². The van der Waals surface area contributed by atoms with Crippen LogP contribution < -0.4 is 5.32 Å². The summed E-state index contributed by atoms with van der Waals surface area (Å²) < 4.78 is 5.37. The number of nitrogens with zero attached hydrogens (tertiary/aromatic N) is 2. The van der Waals surface area contributed by atoms with Gasteiger partial charge in [-0.3, -0.25) is 10.1 Å². The lowest BCUT2D eigenvalue weighted by Crippen LogP contribution is -2.03. The Morgan fingerprint density at radius 3 is 3.12 bits per heavy atom. The second-order valence-corrected chi connectivity index (χ2v) is 4.31. The van der Waals surface area contributed by atoms with Gasteiger partial charge in [0.05, 0.1) is 4.92 Å². The number of nitro groups is 1. The summed E-state index contributed by atoms with van der Waals surface area (Å²) in [5.41, 5.74) is 0.666. The highest BCUT2D eigenvalue weighted by atomic mass is 32.2. The Balaban J connectivity index is 2.30. The normalized spacial score (nSPS) is 10.6. The quantitative estimate of drug-likeness (QED) is 0.501. The lowest BCUT2D eigenvalue weighted by Gasteiger charge is -1.97. The van der Waals surface area contributed by atoms with Crippen LogP contribution in [0.2, 0.25) is 0 Å². The zero-order valence-corrected chi connectivity index (χ0v) is 9.99. The predicted octanol–water partition coefficient (Wildman–Crippen LogP) is 2.51. The van der Waals surface area contributed by atoms with Gasteiger partial charge in [-0.2, -0.15) is 16.7 Å². The molecule has 6 nitrogen and oxygen atoms in total. The van der Waals surface area contributed by atoms with Crippen molar-refractivity contribution in [1.82, 2.24) is 4.98 Å². The number of thioether (sulfide) groups is 1. The number of anilines is 1. The summed E-state index contributed by atoms with van der Waals surface area (Å²) >= 11 is 1.70. The molecule has 0 aliphatic heterocycles. The molecule has 2 rings (SSSR count). The van der Waals surface area contributed by atoms with E-state index in [4.69, 9.17) is 4.42 Å². The molecule has 0 aliphatic carbocycles. The minimum atomic E-state index is -0.462. The van der Waals surface area contributed by atoms with Crippen molar-refractivity contribution in [2.75, 3.05) is 23.9 Å². The van der Waals surface area contributed by atoms with Crippen molar-refractivity contribution >= 4 is 34.6 Å². The van der Waals surface area contributed by atoms with Crippen LogP contribution in [0.4, 0.5) is 11.7 Å². The number of para-hydroxylation sites is 1. The SMILES string of the molecule is CSCCNc1nc2c([N+](=O)[O-])cccc2o1. The van der Waals surface area contributed by atoms with E-state index >= 15 is 0 Å². The third kappa shape index (κ3) is 2.50. The molecule has 1 aromatic carbocycles. The molecule has 0 amide bonds. The van der Waals surface area contributed by atoms with Gasteiger partial charge in [0.25, 0.3) is 11.7 Å². The summed E-state index contributed by atoms with van der Waals surface area (Å²) in [4.78, 5) is 14.4. The fourth-order valence-corrected chi connectivity index (χ4v) is 1.72. The van der Waals surface area contributed by atoms with Crippen LogP contribution in [0, 0.1) is 10.1 Å². The molecule has 1 N–H and O–H groups in total. The zero-order chi connectivity index (χ0) is 12.3. The second kappa shape index (κ2) is 5.05. The second-order valence-electron chi connectivity index (χ2n) is 3.32. The molecule has 0 aliphatic rings. The number of hydrogen-bond donors (Lipinski definition) is 1. The molecule has 0 bridgehead atoms. The van der Waals surface area contributed by atoms with E-state index in [9.17, 15) is 10.1 Å². The number of rotatable bonds is 5. The number of non-ortho nitro benzene ring substituents is 1. The fourth-order valence-electron chi connectivity index (χ4n) is 1.42. The summed E-state index contributed by atoms with van der Waals surface area (Å²) in [6.07, 6.45) is 2.00. The molecule has 0 atom stereocenters. The number of benzene rings is 1.